The number of rotatable bonds is 3. The van der Waals surface area contributed by atoms with Gasteiger partial charge in [-0.15, -0.1) is 0 Å². The van der Waals surface area contributed by atoms with E-state index in [2.05, 4.69) is 10.1 Å². The van der Waals surface area contributed by atoms with Crippen molar-refractivity contribution in [2.24, 2.45) is 0 Å². The summed E-state index contributed by atoms with van der Waals surface area (Å²) in [7, 11) is 0. The van der Waals surface area contributed by atoms with Crippen molar-refractivity contribution in [3.05, 3.63) is 46.8 Å². The molecule has 1 aromatic carbocycles. The Bertz CT molecular complexity index is 1180. The SMILES string of the molecule is CCc1cc(C(F)(F)F)c2c(C3CCN(C(=O)c4ccc5c(c4)OCO5)CC3)noc2n1. The van der Waals surface area contributed by atoms with Crippen molar-refractivity contribution in [1.82, 2.24) is 15.0 Å². The second-order valence-electron chi connectivity index (χ2n) is 7.89. The van der Waals surface area contributed by atoms with Gasteiger partial charge in [0.05, 0.1) is 16.6 Å². The maximum absolute atomic E-state index is 13.7. The molecular weight excluding hydrogens is 427 g/mol. The fourth-order valence-electron chi connectivity index (χ4n) is 4.28. The first-order chi connectivity index (χ1) is 15.3. The van der Waals surface area contributed by atoms with Gasteiger partial charge in [0.1, 0.15) is 0 Å². The number of aromatic nitrogens is 2. The Kier molecular flexibility index (Phi) is 4.94. The van der Waals surface area contributed by atoms with E-state index in [4.69, 9.17) is 14.0 Å². The first-order valence-corrected chi connectivity index (χ1v) is 10.4. The molecule has 0 N–H and O–H groups in total. The summed E-state index contributed by atoms with van der Waals surface area (Å²) >= 11 is 0. The number of nitrogens with zero attached hydrogens (tertiary/aromatic N) is 3. The van der Waals surface area contributed by atoms with Gasteiger partial charge in [0.2, 0.25) is 6.79 Å². The number of ether oxygens (including phenoxy) is 2. The van der Waals surface area contributed by atoms with E-state index in [-0.39, 0.29) is 35.4 Å². The van der Waals surface area contributed by atoms with Gasteiger partial charge >= 0.3 is 6.18 Å². The van der Waals surface area contributed by atoms with Crippen molar-refractivity contribution in [3.8, 4) is 11.5 Å². The quantitative estimate of drug-likeness (QED) is 0.586. The minimum atomic E-state index is -4.54. The number of fused-ring (bicyclic) bond motifs is 2. The molecule has 4 heterocycles. The fourth-order valence-corrected chi connectivity index (χ4v) is 4.28. The molecule has 0 unspecified atom stereocenters. The predicted octanol–water partition coefficient (Wildman–Crippen LogP) is 4.55. The second-order valence-corrected chi connectivity index (χ2v) is 7.89. The number of piperidine rings is 1. The number of alkyl halides is 3. The van der Waals surface area contributed by atoms with Crippen molar-refractivity contribution in [3.63, 3.8) is 0 Å². The zero-order valence-electron chi connectivity index (χ0n) is 17.2. The van der Waals surface area contributed by atoms with Gasteiger partial charge in [-0.25, -0.2) is 4.98 Å². The third-order valence-electron chi connectivity index (χ3n) is 5.98. The van der Waals surface area contributed by atoms with Crippen LogP contribution in [0.1, 0.15) is 53.0 Å². The molecular formula is C22H20F3N3O4. The van der Waals surface area contributed by atoms with Crippen LogP contribution in [0.2, 0.25) is 0 Å². The molecule has 5 rings (SSSR count). The van der Waals surface area contributed by atoms with Crippen molar-refractivity contribution in [1.29, 1.82) is 0 Å². The van der Waals surface area contributed by atoms with Crippen LogP contribution in [-0.4, -0.2) is 40.8 Å². The number of carbonyl (C=O) groups excluding carboxylic acids is 1. The lowest BCUT2D eigenvalue weighted by atomic mass is 9.90. The fraction of sp³-hybridized carbons (Fsp3) is 0.409. The van der Waals surface area contributed by atoms with E-state index >= 15 is 0 Å². The monoisotopic (exact) mass is 447 g/mol. The molecule has 0 bridgehead atoms. The van der Waals surface area contributed by atoms with Crippen LogP contribution in [0.5, 0.6) is 11.5 Å². The molecule has 0 aliphatic carbocycles. The van der Waals surface area contributed by atoms with Gasteiger partial charge in [-0.2, -0.15) is 13.2 Å². The van der Waals surface area contributed by atoms with Crippen LogP contribution in [0.15, 0.2) is 28.8 Å². The highest BCUT2D eigenvalue weighted by Gasteiger charge is 2.38. The number of amides is 1. The average molecular weight is 447 g/mol. The molecule has 2 aromatic heterocycles. The summed E-state index contributed by atoms with van der Waals surface area (Å²) in [6, 6.07) is 6.09. The molecule has 168 valence electrons. The van der Waals surface area contributed by atoms with Gasteiger partial charge in [-0.3, -0.25) is 4.79 Å². The first kappa shape index (κ1) is 20.6. The largest absolute Gasteiger partial charge is 0.454 e. The van der Waals surface area contributed by atoms with Gasteiger partial charge < -0.3 is 18.9 Å². The van der Waals surface area contributed by atoms with Gasteiger partial charge in [0.25, 0.3) is 11.6 Å². The molecule has 10 heteroatoms. The molecule has 3 aromatic rings. The number of halogens is 3. The maximum atomic E-state index is 13.7. The molecule has 0 radical (unpaired) electrons. The summed E-state index contributed by atoms with van der Waals surface area (Å²) in [5.41, 5.74) is 0.185. The van der Waals surface area contributed by atoms with Crippen LogP contribution in [0, 0.1) is 0 Å². The molecule has 7 nitrogen and oxygen atoms in total. The van der Waals surface area contributed by atoms with Crippen LogP contribution in [0.3, 0.4) is 0 Å². The predicted molar refractivity (Wildman–Crippen MR) is 107 cm³/mol. The number of hydrogen-bond acceptors (Lipinski definition) is 6. The Labute approximate surface area is 181 Å². The van der Waals surface area contributed by atoms with E-state index in [0.717, 1.165) is 6.07 Å². The summed E-state index contributed by atoms with van der Waals surface area (Å²) in [6.07, 6.45) is -3.23. The Morgan fingerprint density at radius 3 is 2.62 bits per heavy atom. The Hall–Kier alpha value is -3.30. The molecule has 0 saturated carbocycles. The van der Waals surface area contributed by atoms with Crippen LogP contribution in [0.25, 0.3) is 11.1 Å². The average Bonchev–Trinajstić information content (AvgIpc) is 3.43. The normalized spacial score (nSPS) is 16.7. The van der Waals surface area contributed by atoms with Crippen LogP contribution < -0.4 is 9.47 Å². The first-order valence-electron chi connectivity index (χ1n) is 10.4. The minimum Gasteiger partial charge on any atom is -0.454 e. The number of pyridine rings is 1. The lowest BCUT2D eigenvalue weighted by molar-refractivity contribution is -0.136. The lowest BCUT2D eigenvalue weighted by Gasteiger charge is -2.31. The van der Waals surface area contributed by atoms with Gasteiger partial charge in [-0.05, 0) is 43.5 Å². The molecule has 0 spiro atoms. The van der Waals surface area contributed by atoms with Crippen molar-refractivity contribution in [2.75, 3.05) is 19.9 Å². The second kappa shape index (κ2) is 7.68. The Balaban J connectivity index is 1.37. The van der Waals surface area contributed by atoms with Gasteiger partial charge in [0, 0.05) is 30.3 Å². The summed E-state index contributed by atoms with van der Waals surface area (Å²) in [5, 5.41) is 3.89. The van der Waals surface area contributed by atoms with Crippen molar-refractivity contribution >= 4 is 17.0 Å². The van der Waals surface area contributed by atoms with Crippen LogP contribution in [-0.2, 0) is 12.6 Å². The van der Waals surface area contributed by atoms with E-state index in [9.17, 15) is 18.0 Å². The highest BCUT2D eigenvalue weighted by molar-refractivity contribution is 5.95. The molecule has 1 saturated heterocycles. The summed E-state index contributed by atoms with van der Waals surface area (Å²) in [6.45, 7) is 2.65. The molecule has 2 aliphatic rings. The molecule has 1 fully saturated rings. The summed E-state index contributed by atoms with van der Waals surface area (Å²) in [4.78, 5) is 18.8. The zero-order valence-corrected chi connectivity index (χ0v) is 17.2. The standard InChI is InChI=1S/C22H20F3N3O4/c1-2-14-10-15(22(23,24)25)18-19(27-32-20(18)26-14)12-5-7-28(8-6-12)21(29)13-3-4-16-17(9-13)31-11-30-16/h3-4,9-10,12H,2,5-8,11H2,1H3. The van der Waals surface area contributed by atoms with Crippen molar-refractivity contribution < 1.29 is 32.0 Å². The summed E-state index contributed by atoms with van der Waals surface area (Å²) in [5.74, 6) is 0.710. The number of aryl methyl sites for hydroxylation is 1. The number of carbonyl (C=O) groups is 1. The third kappa shape index (κ3) is 3.53. The summed E-state index contributed by atoms with van der Waals surface area (Å²) < 4.78 is 57.0. The van der Waals surface area contributed by atoms with E-state index in [0.29, 0.717) is 55.1 Å². The van der Waals surface area contributed by atoms with E-state index in [1.54, 1.807) is 30.0 Å². The number of benzene rings is 1. The zero-order chi connectivity index (χ0) is 22.5. The number of hydrogen-bond donors (Lipinski definition) is 0. The Morgan fingerprint density at radius 1 is 1.16 bits per heavy atom. The highest BCUT2D eigenvalue weighted by Crippen LogP contribution is 2.41. The number of likely N-dealkylation sites (tertiary alicyclic amines) is 1. The van der Waals surface area contributed by atoms with Gasteiger partial charge in [0.15, 0.2) is 11.5 Å². The highest BCUT2D eigenvalue weighted by atomic mass is 19.4. The van der Waals surface area contributed by atoms with Gasteiger partial charge in [-0.1, -0.05) is 12.1 Å². The van der Waals surface area contributed by atoms with E-state index < -0.39 is 11.7 Å². The van der Waals surface area contributed by atoms with E-state index in [1.165, 1.54) is 0 Å². The topological polar surface area (TPSA) is 77.7 Å². The maximum Gasteiger partial charge on any atom is 0.417 e. The van der Waals surface area contributed by atoms with Crippen molar-refractivity contribution in [2.45, 2.75) is 38.3 Å². The smallest absolute Gasteiger partial charge is 0.417 e. The van der Waals surface area contributed by atoms with Crippen LogP contribution in [0.4, 0.5) is 13.2 Å². The molecule has 0 atom stereocenters. The molecule has 32 heavy (non-hydrogen) atoms. The molecule has 2 aliphatic heterocycles. The molecule has 1 amide bonds. The Morgan fingerprint density at radius 2 is 1.91 bits per heavy atom. The van der Waals surface area contributed by atoms with Crippen LogP contribution >= 0.6 is 0 Å². The minimum absolute atomic E-state index is 0.0738. The third-order valence-corrected chi connectivity index (χ3v) is 5.98. The van der Waals surface area contributed by atoms with E-state index in [1.807, 2.05) is 0 Å². The lowest BCUT2D eigenvalue weighted by Crippen LogP contribution is -2.38.